The predicted octanol–water partition coefficient (Wildman–Crippen LogP) is 2.98. The summed E-state index contributed by atoms with van der Waals surface area (Å²) in [6, 6.07) is 8.70. The van der Waals surface area contributed by atoms with Crippen LogP contribution in [0.1, 0.15) is 19.8 Å². The molecule has 1 saturated heterocycles. The van der Waals surface area contributed by atoms with Gasteiger partial charge in [-0.2, -0.15) is 5.10 Å². The zero-order valence-electron chi connectivity index (χ0n) is 13.4. The lowest BCUT2D eigenvalue weighted by molar-refractivity contribution is 0.101. The second kappa shape index (κ2) is 6.08. The summed E-state index contributed by atoms with van der Waals surface area (Å²) in [7, 11) is 0. The van der Waals surface area contributed by atoms with Crippen molar-refractivity contribution in [2.75, 3.05) is 13.1 Å². The molecule has 3 aromatic rings. The Hall–Kier alpha value is -2.27. The van der Waals surface area contributed by atoms with Crippen LogP contribution in [0.4, 0.5) is 0 Å². The van der Waals surface area contributed by atoms with E-state index in [-0.39, 0.29) is 0 Å². The second-order valence-corrected chi connectivity index (χ2v) is 6.26. The van der Waals surface area contributed by atoms with Crippen molar-refractivity contribution in [2.24, 2.45) is 0 Å². The summed E-state index contributed by atoms with van der Waals surface area (Å²) >= 11 is 0. The minimum atomic E-state index is 0.760. The highest BCUT2D eigenvalue weighted by molar-refractivity contribution is 5.76. The number of benzene rings is 1. The zero-order chi connectivity index (χ0) is 15.6. The molecule has 5 heteroatoms. The minimum absolute atomic E-state index is 0.760. The van der Waals surface area contributed by atoms with E-state index in [2.05, 4.69) is 33.1 Å². The zero-order valence-corrected chi connectivity index (χ0v) is 13.4. The molecule has 0 spiro atoms. The summed E-state index contributed by atoms with van der Waals surface area (Å²) in [6.07, 6.45) is 8.25. The molecular weight excluding hydrogens is 286 g/mol. The molecular formula is C18H21N5. The first-order valence-electron chi connectivity index (χ1n) is 8.28. The van der Waals surface area contributed by atoms with Gasteiger partial charge >= 0.3 is 0 Å². The maximum Gasteiger partial charge on any atom is 0.0924 e. The van der Waals surface area contributed by atoms with Crippen LogP contribution >= 0.6 is 0 Å². The van der Waals surface area contributed by atoms with Gasteiger partial charge in [-0.05, 0) is 38.4 Å². The third-order valence-electron chi connectivity index (χ3n) is 4.67. The predicted molar refractivity (Wildman–Crippen MR) is 91.0 cm³/mol. The van der Waals surface area contributed by atoms with Gasteiger partial charge in [-0.25, -0.2) is 4.98 Å². The van der Waals surface area contributed by atoms with Crippen LogP contribution < -0.4 is 0 Å². The molecule has 0 saturated carbocycles. The Bertz CT molecular complexity index is 810. The van der Waals surface area contributed by atoms with E-state index >= 15 is 0 Å². The Kier molecular flexibility index (Phi) is 3.79. The van der Waals surface area contributed by atoms with Gasteiger partial charge < -0.3 is 4.90 Å². The fourth-order valence-electron chi connectivity index (χ4n) is 3.05. The summed E-state index contributed by atoms with van der Waals surface area (Å²) in [5.74, 6) is 0. The average molecular weight is 307 g/mol. The topological polar surface area (TPSA) is 46.8 Å². The Morgan fingerprint density at radius 3 is 2.78 bits per heavy atom. The van der Waals surface area contributed by atoms with Crippen LogP contribution in [0.25, 0.3) is 22.3 Å². The lowest BCUT2D eigenvalue weighted by Crippen LogP contribution is -2.46. The van der Waals surface area contributed by atoms with E-state index in [9.17, 15) is 0 Å². The number of aryl methyl sites for hydroxylation is 1. The number of fused-ring (bicyclic) bond motifs is 1. The maximum atomic E-state index is 4.68. The summed E-state index contributed by atoms with van der Waals surface area (Å²) < 4.78 is 2.01. The molecule has 1 aromatic carbocycles. The number of likely N-dealkylation sites (tertiary alicyclic amines) is 1. The maximum absolute atomic E-state index is 4.68. The highest BCUT2D eigenvalue weighted by atomic mass is 15.3. The van der Waals surface area contributed by atoms with E-state index in [0.29, 0.717) is 0 Å². The number of aromatic nitrogens is 4. The first kappa shape index (κ1) is 14.3. The smallest absolute Gasteiger partial charge is 0.0924 e. The third-order valence-corrected chi connectivity index (χ3v) is 4.67. The molecule has 2 aromatic heterocycles. The molecule has 0 N–H and O–H groups in total. The van der Waals surface area contributed by atoms with Gasteiger partial charge in [0, 0.05) is 30.9 Å². The van der Waals surface area contributed by atoms with Crippen LogP contribution in [0.2, 0.25) is 0 Å². The van der Waals surface area contributed by atoms with E-state index in [1.54, 1.807) is 0 Å². The summed E-state index contributed by atoms with van der Waals surface area (Å²) in [5, 5.41) is 4.46. The van der Waals surface area contributed by atoms with E-state index in [4.69, 9.17) is 0 Å². The Morgan fingerprint density at radius 1 is 1.13 bits per heavy atom. The van der Waals surface area contributed by atoms with Gasteiger partial charge in [0.25, 0.3) is 0 Å². The first-order chi connectivity index (χ1) is 11.3. The molecule has 23 heavy (non-hydrogen) atoms. The van der Waals surface area contributed by atoms with Gasteiger partial charge in [-0.15, -0.1) is 0 Å². The largest absolute Gasteiger partial charge is 0.300 e. The highest BCUT2D eigenvalue weighted by Gasteiger charge is 2.22. The molecule has 0 bridgehead atoms. The highest BCUT2D eigenvalue weighted by Crippen LogP contribution is 2.19. The van der Waals surface area contributed by atoms with E-state index in [1.165, 1.54) is 13.0 Å². The standard InChI is InChI=1S/C18H21N5/c1-14-7-10-22(14)8-4-9-23-13-15(11-20-23)18-12-19-16-5-2-3-6-17(16)21-18/h2-3,5-6,11-14H,4,7-10H2,1H3. The van der Waals surface area contributed by atoms with Crippen molar-refractivity contribution in [3.63, 3.8) is 0 Å². The van der Waals surface area contributed by atoms with E-state index in [1.807, 2.05) is 41.3 Å². The number of hydrogen-bond donors (Lipinski definition) is 0. The van der Waals surface area contributed by atoms with Crippen LogP contribution in [0.3, 0.4) is 0 Å². The molecule has 0 radical (unpaired) electrons. The summed E-state index contributed by atoms with van der Waals surface area (Å²) in [4.78, 5) is 11.7. The molecule has 1 fully saturated rings. The Morgan fingerprint density at radius 2 is 2.00 bits per heavy atom. The number of hydrogen-bond acceptors (Lipinski definition) is 4. The van der Waals surface area contributed by atoms with Crippen LogP contribution in [0.5, 0.6) is 0 Å². The molecule has 0 aliphatic carbocycles. The average Bonchev–Trinajstić information content (AvgIpc) is 3.05. The molecule has 1 unspecified atom stereocenters. The van der Waals surface area contributed by atoms with E-state index < -0.39 is 0 Å². The molecule has 4 rings (SSSR count). The van der Waals surface area contributed by atoms with Crippen molar-refractivity contribution in [2.45, 2.75) is 32.4 Å². The van der Waals surface area contributed by atoms with Gasteiger partial charge in [0.1, 0.15) is 0 Å². The molecule has 3 heterocycles. The van der Waals surface area contributed by atoms with Gasteiger partial charge in [0.2, 0.25) is 0 Å². The van der Waals surface area contributed by atoms with Crippen LogP contribution in [0.15, 0.2) is 42.9 Å². The fourth-order valence-corrected chi connectivity index (χ4v) is 3.05. The molecule has 5 nitrogen and oxygen atoms in total. The van der Waals surface area contributed by atoms with E-state index in [0.717, 1.165) is 47.8 Å². The molecule has 1 aliphatic heterocycles. The summed E-state index contributed by atoms with van der Waals surface area (Å²) in [6.45, 7) is 5.66. The van der Waals surface area contributed by atoms with Crippen molar-refractivity contribution in [1.82, 2.24) is 24.6 Å². The summed E-state index contributed by atoms with van der Waals surface area (Å²) in [5.41, 5.74) is 3.75. The van der Waals surface area contributed by atoms with Crippen molar-refractivity contribution >= 4 is 11.0 Å². The number of rotatable bonds is 5. The lowest BCUT2D eigenvalue weighted by atomic mass is 10.1. The molecule has 1 aliphatic rings. The number of para-hydroxylation sites is 2. The SMILES string of the molecule is CC1CCN1CCCn1cc(-c2cnc3ccccc3n2)cn1. The lowest BCUT2D eigenvalue weighted by Gasteiger charge is -2.38. The van der Waals surface area contributed by atoms with Crippen LogP contribution in [-0.4, -0.2) is 43.8 Å². The molecule has 1 atom stereocenters. The normalized spacial score (nSPS) is 18.2. The third kappa shape index (κ3) is 2.97. The monoisotopic (exact) mass is 307 g/mol. The second-order valence-electron chi connectivity index (χ2n) is 6.26. The number of nitrogens with zero attached hydrogens (tertiary/aromatic N) is 5. The fraction of sp³-hybridized carbons (Fsp3) is 0.389. The van der Waals surface area contributed by atoms with Crippen molar-refractivity contribution in [1.29, 1.82) is 0 Å². The van der Waals surface area contributed by atoms with Gasteiger partial charge in [0.05, 0.1) is 29.1 Å². The van der Waals surface area contributed by atoms with Gasteiger partial charge in [0.15, 0.2) is 0 Å². The van der Waals surface area contributed by atoms with Gasteiger partial charge in [-0.3, -0.25) is 9.67 Å². The first-order valence-corrected chi connectivity index (χ1v) is 8.28. The quantitative estimate of drug-likeness (QED) is 0.727. The van der Waals surface area contributed by atoms with Crippen molar-refractivity contribution in [3.8, 4) is 11.3 Å². The Balaban J connectivity index is 1.43. The molecule has 118 valence electrons. The van der Waals surface area contributed by atoms with Crippen molar-refractivity contribution < 1.29 is 0 Å². The Labute approximate surface area is 136 Å². The minimum Gasteiger partial charge on any atom is -0.300 e. The van der Waals surface area contributed by atoms with Crippen molar-refractivity contribution in [3.05, 3.63) is 42.9 Å². The van der Waals surface area contributed by atoms with Gasteiger partial charge in [-0.1, -0.05) is 12.1 Å². The van der Waals surface area contributed by atoms with Crippen LogP contribution in [0, 0.1) is 0 Å². The van der Waals surface area contributed by atoms with Crippen LogP contribution in [-0.2, 0) is 6.54 Å². The molecule has 0 amide bonds.